The second-order valence-electron chi connectivity index (χ2n) is 1.48. The molecule has 1 rings (SSSR count). The zero-order chi connectivity index (χ0) is 6.69. The summed E-state index contributed by atoms with van der Waals surface area (Å²) in [5.41, 5.74) is 1.05. The van der Waals surface area contributed by atoms with Crippen LogP contribution in [0.5, 0.6) is 0 Å². The monoisotopic (exact) mass is 127 g/mol. The van der Waals surface area contributed by atoms with Crippen LogP contribution in [0.25, 0.3) is 0 Å². The molecule has 1 heterocycles. The molecule has 0 saturated heterocycles. The zero-order valence-electron chi connectivity index (χ0n) is 4.77. The van der Waals surface area contributed by atoms with E-state index in [2.05, 4.69) is 20.1 Å². The van der Waals surface area contributed by atoms with Gasteiger partial charge in [-0.15, -0.1) is 0 Å². The Morgan fingerprint density at radius 1 is 1.67 bits per heavy atom. The lowest BCUT2D eigenvalue weighted by atomic mass is 10.4. The smallest absolute Gasteiger partial charge is 0.152 e. The molecule has 0 radical (unpaired) electrons. The van der Waals surface area contributed by atoms with Crippen LogP contribution in [0.4, 0.5) is 0 Å². The second-order valence-corrected chi connectivity index (χ2v) is 1.48. The van der Waals surface area contributed by atoms with Crippen molar-refractivity contribution in [3.63, 3.8) is 0 Å². The van der Waals surface area contributed by atoms with Crippen molar-refractivity contribution in [2.75, 3.05) is 0 Å². The third kappa shape index (κ3) is 1.04. The Hall–Kier alpha value is -1.39. The van der Waals surface area contributed by atoms with Crippen molar-refractivity contribution in [1.29, 1.82) is 0 Å². The van der Waals surface area contributed by atoms with Crippen molar-refractivity contribution in [3.05, 3.63) is 11.4 Å². The average Bonchev–Trinajstić information content (AvgIpc) is 2.18. The first-order chi connectivity index (χ1) is 4.34. The number of aryl methyl sites for hydroxylation is 1. The van der Waals surface area contributed by atoms with Gasteiger partial charge in [0.25, 0.3) is 0 Å². The van der Waals surface area contributed by atoms with Crippen LogP contribution in [-0.4, -0.2) is 21.7 Å². The van der Waals surface area contributed by atoms with E-state index in [0.29, 0.717) is 11.4 Å². The Labute approximate surface area is 50.9 Å². The highest BCUT2D eigenvalue weighted by atomic mass is 16.6. The summed E-state index contributed by atoms with van der Waals surface area (Å²) in [6, 6.07) is 0. The van der Waals surface area contributed by atoms with Gasteiger partial charge in [-0.2, -0.15) is 0 Å². The number of aromatic nitrogens is 2. The Kier molecular flexibility index (Phi) is 1.44. The van der Waals surface area contributed by atoms with Gasteiger partial charge in [0.1, 0.15) is 5.69 Å². The molecule has 0 atom stereocenters. The van der Waals surface area contributed by atoms with Gasteiger partial charge in [-0.1, -0.05) is 10.3 Å². The van der Waals surface area contributed by atoms with Gasteiger partial charge >= 0.3 is 0 Å². The van der Waals surface area contributed by atoms with Crippen molar-refractivity contribution < 1.29 is 9.84 Å². The quantitative estimate of drug-likeness (QED) is 0.332. The summed E-state index contributed by atoms with van der Waals surface area (Å²) in [6.45, 7) is 1.70. The van der Waals surface area contributed by atoms with Crippen LogP contribution in [0.3, 0.4) is 0 Å². The van der Waals surface area contributed by atoms with E-state index in [4.69, 9.17) is 5.21 Å². The standard InChI is InChI=1S/C4H5N3O2/c1-3-4(2-5-8)7-9-6-3/h2,8H,1H3/b5-2+. The van der Waals surface area contributed by atoms with Crippen LogP contribution in [0.2, 0.25) is 0 Å². The third-order valence-corrected chi connectivity index (χ3v) is 0.868. The molecule has 1 N–H and O–H groups in total. The molecule has 0 unspecified atom stereocenters. The van der Waals surface area contributed by atoms with Crippen LogP contribution in [-0.2, 0) is 0 Å². The first kappa shape index (κ1) is 5.74. The van der Waals surface area contributed by atoms with Crippen molar-refractivity contribution in [2.24, 2.45) is 5.16 Å². The molecule has 1 aromatic heterocycles. The molecule has 0 aliphatic carbocycles. The topological polar surface area (TPSA) is 71.5 Å². The van der Waals surface area contributed by atoms with Gasteiger partial charge < -0.3 is 5.21 Å². The fourth-order valence-electron chi connectivity index (χ4n) is 0.410. The lowest BCUT2D eigenvalue weighted by Gasteiger charge is -1.75. The van der Waals surface area contributed by atoms with Crippen molar-refractivity contribution >= 4 is 6.21 Å². The predicted molar refractivity (Wildman–Crippen MR) is 28.4 cm³/mol. The number of hydrogen-bond acceptors (Lipinski definition) is 5. The fraction of sp³-hybridized carbons (Fsp3) is 0.250. The highest BCUT2D eigenvalue weighted by Crippen LogP contribution is 1.94. The molecule has 9 heavy (non-hydrogen) atoms. The van der Waals surface area contributed by atoms with Gasteiger partial charge in [0.05, 0.1) is 6.21 Å². The van der Waals surface area contributed by atoms with E-state index in [9.17, 15) is 0 Å². The summed E-state index contributed by atoms with van der Waals surface area (Å²) in [6.07, 6.45) is 1.16. The molecule has 0 aliphatic heterocycles. The van der Waals surface area contributed by atoms with Crippen LogP contribution in [0.1, 0.15) is 11.4 Å². The molecule has 0 saturated carbocycles. The molecule has 5 heteroatoms. The number of rotatable bonds is 1. The Morgan fingerprint density at radius 2 is 2.44 bits per heavy atom. The van der Waals surface area contributed by atoms with E-state index in [0.717, 1.165) is 6.21 Å². The molecule has 5 nitrogen and oxygen atoms in total. The van der Waals surface area contributed by atoms with Crippen molar-refractivity contribution in [3.8, 4) is 0 Å². The van der Waals surface area contributed by atoms with Gasteiger partial charge in [0.2, 0.25) is 0 Å². The highest BCUT2D eigenvalue weighted by molar-refractivity contribution is 5.77. The minimum Gasteiger partial charge on any atom is -0.411 e. The van der Waals surface area contributed by atoms with Gasteiger partial charge in [-0.05, 0) is 12.1 Å². The van der Waals surface area contributed by atoms with E-state index in [-0.39, 0.29) is 0 Å². The summed E-state index contributed by atoms with van der Waals surface area (Å²) in [7, 11) is 0. The maximum absolute atomic E-state index is 8.02. The number of hydrogen-bond donors (Lipinski definition) is 1. The molecule has 0 aromatic carbocycles. The largest absolute Gasteiger partial charge is 0.411 e. The Bertz CT molecular complexity index is 217. The Balaban J connectivity index is 2.94. The summed E-state index contributed by atoms with van der Waals surface area (Å²) in [5.74, 6) is 0. The van der Waals surface area contributed by atoms with Crippen molar-refractivity contribution in [2.45, 2.75) is 6.92 Å². The lowest BCUT2D eigenvalue weighted by Crippen LogP contribution is -1.83. The van der Waals surface area contributed by atoms with E-state index in [1.54, 1.807) is 6.92 Å². The molecule has 1 aromatic rings. The maximum atomic E-state index is 8.02. The Morgan fingerprint density at radius 3 is 2.89 bits per heavy atom. The minimum absolute atomic E-state index is 0.442. The SMILES string of the molecule is Cc1nonc1/C=N/O. The second kappa shape index (κ2) is 2.25. The van der Waals surface area contributed by atoms with Gasteiger partial charge in [-0.25, -0.2) is 4.63 Å². The van der Waals surface area contributed by atoms with E-state index >= 15 is 0 Å². The van der Waals surface area contributed by atoms with Gasteiger partial charge in [-0.3, -0.25) is 0 Å². The van der Waals surface area contributed by atoms with E-state index in [1.807, 2.05) is 0 Å². The van der Waals surface area contributed by atoms with Crippen LogP contribution >= 0.6 is 0 Å². The third-order valence-electron chi connectivity index (χ3n) is 0.868. The average molecular weight is 127 g/mol. The molecular weight excluding hydrogens is 122 g/mol. The fourth-order valence-corrected chi connectivity index (χ4v) is 0.410. The van der Waals surface area contributed by atoms with Gasteiger partial charge in [0, 0.05) is 0 Å². The molecular formula is C4H5N3O2. The predicted octanol–water partition coefficient (Wildman–Crippen LogP) is 0.186. The number of nitrogens with zero attached hydrogens (tertiary/aromatic N) is 3. The lowest BCUT2D eigenvalue weighted by molar-refractivity contribution is 0.302. The first-order valence-electron chi connectivity index (χ1n) is 2.31. The van der Waals surface area contributed by atoms with Crippen LogP contribution in [0, 0.1) is 6.92 Å². The number of oxime groups is 1. The zero-order valence-corrected chi connectivity index (χ0v) is 4.77. The summed E-state index contributed by atoms with van der Waals surface area (Å²) in [4.78, 5) is 0. The summed E-state index contributed by atoms with van der Waals surface area (Å²) in [5, 5.41) is 17.6. The minimum atomic E-state index is 0.442. The normalized spacial score (nSPS) is 10.8. The van der Waals surface area contributed by atoms with Crippen LogP contribution in [0.15, 0.2) is 9.78 Å². The summed E-state index contributed by atoms with van der Waals surface area (Å²) >= 11 is 0. The molecule has 0 fully saturated rings. The van der Waals surface area contributed by atoms with Gasteiger partial charge in [0.15, 0.2) is 5.69 Å². The molecule has 0 amide bonds. The molecule has 48 valence electrons. The maximum Gasteiger partial charge on any atom is 0.152 e. The molecule has 0 spiro atoms. The first-order valence-corrected chi connectivity index (χ1v) is 2.31. The van der Waals surface area contributed by atoms with E-state index in [1.165, 1.54) is 0 Å². The highest BCUT2D eigenvalue weighted by Gasteiger charge is 1.99. The van der Waals surface area contributed by atoms with E-state index < -0.39 is 0 Å². The van der Waals surface area contributed by atoms with Crippen molar-refractivity contribution in [1.82, 2.24) is 10.3 Å². The molecule has 0 aliphatic rings. The summed E-state index contributed by atoms with van der Waals surface area (Å²) < 4.78 is 4.30. The van der Waals surface area contributed by atoms with Crippen LogP contribution < -0.4 is 0 Å². The molecule has 0 bridgehead atoms.